The summed E-state index contributed by atoms with van der Waals surface area (Å²) in [6, 6.07) is 6.51. The van der Waals surface area contributed by atoms with Crippen LogP contribution in [0.25, 0.3) is 0 Å². The number of pyridine rings is 1. The molecule has 5 nitrogen and oxygen atoms in total. The normalized spacial score (nSPS) is 10.2. The third-order valence-electron chi connectivity index (χ3n) is 2.69. The maximum Gasteiger partial charge on any atom is 0.323 e. The molecule has 0 unspecified atom stereocenters. The van der Waals surface area contributed by atoms with Crippen LogP contribution in [-0.2, 0) is 6.42 Å². The van der Waals surface area contributed by atoms with Crippen molar-refractivity contribution < 1.29 is 14.3 Å². The fraction of sp³-hybridized carbons (Fsp3) is 0.143. The molecule has 0 saturated carbocycles. The summed E-state index contributed by atoms with van der Waals surface area (Å²) in [7, 11) is 0. The van der Waals surface area contributed by atoms with E-state index in [2.05, 4.69) is 15.6 Å². The fourth-order valence-corrected chi connectivity index (χ4v) is 1.94. The van der Waals surface area contributed by atoms with Crippen molar-refractivity contribution in [2.75, 3.05) is 17.2 Å². The lowest BCUT2D eigenvalue weighted by Crippen LogP contribution is -2.20. The van der Waals surface area contributed by atoms with Gasteiger partial charge in [0.25, 0.3) is 0 Å². The molecular weight excluding hydrogens is 297 g/mol. The number of hydrogen-bond acceptors (Lipinski definition) is 3. The number of rotatable bonds is 4. The maximum absolute atomic E-state index is 13.3. The number of carbonyl (C=O) groups is 1. The minimum atomic E-state index is -0.540. The number of nitrogens with one attached hydrogen (secondary N) is 2. The molecule has 0 aliphatic rings. The van der Waals surface area contributed by atoms with Crippen LogP contribution in [0.4, 0.5) is 20.6 Å². The summed E-state index contributed by atoms with van der Waals surface area (Å²) in [4.78, 5) is 15.7. The Balaban J connectivity index is 2.10. The topological polar surface area (TPSA) is 74.2 Å². The van der Waals surface area contributed by atoms with E-state index in [0.717, 1.165) is 0 Å². The first-order valence-corrected chi connectivity index (χ1v) is 6.55. The zero-order valence-electron chi connectivity index (χ0n) is 10.9. The molecule has 0 atom stereocenters. The summed E-state index contributed by atoms with van der Waals surface area (Å²) in [5.41, 5.74) is 1.41. The molecule has 1 aromatic heterocycles. The van der Waals surface area contributed by atoms with Crippen molar-refractivity contribution in [3.05, 3.63) is 53.1 Å². The Bertz CT molecular complexity index is 652. The van der Waals surface area contributed by atoms with Gasteiger partial charge >= 0.3 is 6.03 Å². The molecule has 2 amide bonds. The predicted molar refractivity (Wildman–Crippen MR) is 79.1 cm³/mol. The van der Waals surface area contributed by atoms with E-state index in [1.807, 2.05) is 0 Å². The Morgan fingerprint density at radius 3 is 2.81 bits per heavy atom. The quantitative estimate of drug-likeness (QED) is 0.760. The lowest BCUT2D eigenvalue weighted by molar-refractivity contribution is 0.262. The number of aliphatic hydroxyl groups excluding tert-OH is 1. The van der Waals surface area contributed by atoms with E-state index in [1.165, 1.54) is 30.5 Å². The van der Waals surface area contributed by atoms with Gasteiger partial charge in [-0.05, 0) is 36.2 Å². The highest BCUT2D eigenvalue weighted by Crippen LogP contribution is 2.19. The Hall–Kier alpha value is -2.18. The molecule has 110 valence electrons. The van der Waals surface area contributed by atoms with Gasteiger partial charge in [-0.15, -0.1) is 0 Å². The molecule has 0 radical (unpaired) electrons. The number of carbonyl (C=O) groups excluding carboxylic acids is 1. The SMILES string of the molecule is O=C(Nc1ccnc(Cl)c1)Nc1cc(F)ccc1CCO. The predicted octanol–water partition coefficient (Wildman–Crippen LogP) is 3.05. The number of nitrogens with zero attached hydrogens (tertiary/aromatic N) is 1. The summed E-state index contributed by atoms with van der Waals surface area (Å²) in [6.07, 6.45) is 1.77. The van der Waals surface area contributed by atoms with Crippen LogP contribution in [0.15, 0.2) is 36.5 Å². The van der Waals surface area contributed by atoms with Crippen LogP contribution < -0.4 is 10.6 Å². The van der Waals surface area contributed by atoms with Gasteiger partial charge in [-0.1, -0.05) is 17.7 Å². The van der Waals surface area contributed by atoms with Gasteiger partial charge in [0.05, 0.1) is 0 Å². The molecule has 2 rings (SSSR count). The van der Waals surface area contributed by atoms with E-state index in [-0.39, 0.29) is 11.8 Å². The largest absolute Gasteiger partial charge is 0.396 e. The van der Waals surface area contributed by atoms with Crippen molar-refractivity contribution in [3.63, 3.8) is 0 Å². The Kier molecular flexibility index (Phi) is 5.08. The molecule has 0 fully saturated rings. The highest BCUT2D eigenvalue weighted by molar-refractivity contribution is 6.29. The number of urea groups is 1. The van der Waals surface area contributed by atoms with Crippen molar-refractivity contribution >= 4 is 29.0 Å². The first-order chi connectivity index (χ1) is 10.1. The van der Waals surface area contributed by atoms with Crippen LogP contribution in [-0.4, -0.2) is 22.7 Å². The second-order valence-corrected chi connectivity index (χ2v) is 4.61. The van der Waals surface area contributed by atoms with Gasteiger partial charge in [-0.3, -0.25) is 0 Å². The zero-order valence-corrected chi connectivity index (χ0v) is 11.7. The molecule has 21 heavy (non-hydrogen) atoms. The lowest BCUT2D eigenvalue weighted by Gasteiger charge is -2.11. The van der Waals surface area contributed by atoms with Gasteiger partial charge < -0.3 is 15.7 Å². The van der Waals surface area contributed by atoms with Crippen molar-refractivity contribution in [3.8, 4) is 0 Å². The van der Waals surface area contributed by atoms with Crippen molar-refractivity contribution in [1.29, 1.82) is 0 Å². The molecule has 1 heterocycles. The van der Waals surface area contributed by atoms with Gasteiger partial charge in [0.15, 0.2) is 0 Å². The third kappa shape index (κ3) is 4.40. The van der Waals surface area contributed by atoms with E-state index in [1.54, 1.807) is 6.07 Å². The molecule has 0 aliphatic carbocycles. The second-order valence-electron chi connectivity index (χ2n) is 4.22. The number of halogens is 2. The van der Waals surface area contributed by atoms with Gasteiger partial charge in [-0.25, -0.2) is 14.2 Å². The Morgan fingerprint density at radius 2 is 2.10 bits per heavy atom. The standard InChI is InChI=1S/C14H13ClFN3O2/c15-13-8-11(3-5-17-13)18-14(21)19-12-7-10(16)2-1-9(12)4-6-20/h1-3,5,7-8,20H,4,6H2,(H2,17,18,19,21). The smallest absolute Gasteiger partial charge is 0.323 e. The van der Waals surface area contributed by atoms with E-state index in [4.69, 9.17) is 16.7 Å². The number of hydrogen-bond donors (Lipinski definition) is 3. The van der Waals surface area contributed by atoms with E-state index in [0.29, 0.717) is 23.4 Å². The highest BCUT2D eigenvalue weighted by atomic mass is 35.5. The van der Waals surface area contributed by atoms with Gasteiger partial charge in [0.1, 0.15) is 11.0 Å². The van der Waals surface area contributed by atoms with Gasteiger partial charge in [0, 0.05) is 24.2 Å². The van der Waals surface area contributed by atoms with E-state index < -0.39 is 11.8 Å². The van der Waals surface area contributed by atoms with Crippen molar-refractivity contribution in [1.82, 2.24) is 4.98 Å². The second kappa shape index (κ2) is 7.01. The van der Waals surface area contributed by atoms with Crippen LogP contribution in [0.1, 0.15) is 5.56 Å². The first-order valence-electron chi connectivity index (χ1n) is 6.17. The molecule has 0 bridgehead atoms. The maximum atomic E-state index is 13.3. The lowest BCUT2D eigenvalue weighted by atomic mass is 10.1. The first kappa shape index (κ1) is 15.2. The van der Waals surface area contributed by atoms with Crippen LogP contribution in [0, 0.1) is 5.82 Å². The van der Waals surface area contributed by atoms with Crippen LogP contribution in [0.2, 0.25) is 5.15 Å². The molecular formula is C14H13ClFN3O2. The summed E-state index contributed by atoms with van der Waals surface area (Å²) in [5.74, 6) is -0.473. The van der Waals surface area contributed by atoms with Gasteiger partial charge in [-0.2, -0.15) is 0 Å². The number of amides is 2. The molecule has 7 heteroatoms. The van der Waals surface area contributed by atoms with Gasteiger partial charge in [0.2, 0.25) is 0 Å². The Morgan fingerprint density at radius 1 is 1.29 bits per heavy atom. The van der Waals surface area contributed by atoms with Crippen LogP contribution in [0.3, 0.4) is 0 Å². The summed E-state index contributed by atoms with van der Waals surface area (Å²) in [6.45, 7) is -0.0953. The van der Waals surface area contributed by atoms with Crippen LogP contribution >= 0.6 is 11.6 Å². The molecule has 1 aromatic carbocycles. The molecule has 0 aliphatic heterocycles. The summed E-state index contributed by atoms with van der Waals surface area (Å²) >= 11 is 5.72. The average Bonchev–Trinajstić information content (AvgIpc) is 2.42. The monoisotopic (exact) mass is 309 g/mol. The number of aromatic nitrogens is 1. The fourth-order valence-electron chi connectivity index (χ4n) is 1.77. The minimum absolute atomic E-state index is 0.0953. The molecule has 0 spiro atoms. The molecule has 0 saturated heterocycles. The Labute approximate surface area is 125 Å². The van der Waals surface area contributed by atoms with E-state index >= 15 is 0 Å². The number of benzene rings is 1. The van der Waals surface area contributed by atoms with E-state index in [9.17, 15) is 9.18 Å². The average molecular weight is 310 g/mol. The highest BCUT2D eigenvalue weighted by Gasteiger charge is 2.08. The van der Waals surface area contributed by atoms with Crippen molar-refractivity contribution in [2.24, 2.45) is 0 Å². The summed E-state index contributed by atoms with van der Waals surface area (Å²) < 4.78 is 13.3. The minimum Gasteiger partial charge on any atom is -0.396 e. The van der Waals surface area contributed by atoms with Crippen molar-refractivity contribution in [2.45, 2.75) is 6.42 Å². The van der Waals surface area contributed by atoms with Crippen LogP contribution in [0.5, 0.6) is 0 Å². The number of aliphatic hydroxyl groups is 1. The third-order valence-corrected chi connectivity index (χ3v) is 2.89. The zero-order chi connectivity index (χ0) is 15.2. The molecule has 2 aromatic rings. The number of anilines is 2. The molecule has 3 N–H and O–H groups in total. The summed E-state index contributed by atoms with van der Waals surface area (Å²) in [5, 5.41) is 14.3.